The summed E-state index contributed by atoms with van der Waals surface area (Å²) in [6, 6.07) is 6.64. The minimum absolute atomic E-state index is 0.0685. The highest BCUT2D eigenvalue weighted by molar-refractivity contribution is 6.10. The van der Waals surface area contributed by atoms with E-state index in [4.69, 9.17) is 0 Å². The smallest absolute Gasteiger partial charge is 0.266 e. The van der Waals surface area contributed by atoms with E-state index in [1.807, 2.05) is 43.7 Å². The second kappa shape index (κ2) is 7.21. The van der Waals surface area contributed by atoms with Crippen LogP contribution < -0.4 is 5.32 Å². The van der Waals surface area contributed by atoms with Crippen LogP contribution in [0.5, 0.6) is 0 Å². The van der Waals surface area contributed by atoms with Gasteiger partial charge in [0.2, 0.25) is 0 Å². The van der Waals surface area contributed by atoms with Crippen molar-refractivity contribution in [3.05, 3.63) is 47.1 Å². The second-order valence-electron chi connectivity index (χ2n) is 7.87. The number of anilines is 1. The van der Waals surface area contributed by atoms with Crippen molar-refractivity contribution in [2.75, 3.05) is 5.32 Å². The van der Waals surface area contributed by atoms with Crippen LogP contribution in [-0.2, 0) is 4.79 Å². The molecular weight excluding hydrogens is 364 g/mol. The fourth-order valence-electron chi connectivity index (χ4n) is 3.73. The summed E-state index contributed by atoms with van der Waals surface area (Å²) >= 11 is 0. The monoisotopic (exact) mass is 388 g/mol. The van der Waals surface area contributed by atoms with Gasteiger partial charge in [0.15, 0.2) is 5.65 Å². The molecule has 7 nitrogen and oxygen atoms in total. The third-order valence-electron chi connectivity index (χ3n) is 5.28. The Morgan fingerprint density at radius 3 is 2.72 bits per heavy atom. The van der Waals surface area contributed by atoms with Gasteiger partial charge in [0.25, 0.3) is 5.91 Å². The van der Waals surface area contributed by atoms with Gasteiger partial charge in [0.1, 0.15) is 11.6 Å². The summed E-state index contributed by atoms with van der Waals surface area (Å²) in [5.74, 6) is -0.443. The van der Waals surface area contributed by atoms with Gasteiger partial charge in [-0.15, -0.1) is 0 Å². The highest BCUT2D eigenvalue weighted by Crippen LogP contribution is 2.38. The average Bonchev–Trinajstić information content (AvgIpc) is 3.34. The van der Waals surface area contributed by atoms with E-state index < -0.39 is 5.91 Å². The molecule has 3 aromatic rings. The molecule has 0 radical (unpaired) electrons. The molecule has 3 aromatic heterocycles. The number of carbonyl (C=O) groups is 1. The van der Waals surface area contributed by atoms with Crippen LogP contribution >= 0.6 is 0 Å². The molecule has 0 bridgehead atoms. The van der Waals surface area contributed by atoms with Gasteiger partial charge in [-0.25, -0.2) is 9.67 Å². The Morgan fingerprint density at radius 1 is 1.31 bits per heavy atom. The largest absolute Gasteiger partial charge is 0.346 e. The van der Waals surface area contributed by atoms with Gasteiger partial charge in [-0.1, -0.05) is 0 Å². The Morgan fingerprint density at radius 2 is 2.07 bits per heavy atom. The normalized spacial score (nSPS) is 14.4. The number of aromatic nitrogens is 4. The number of fused-ring (bicyclic) bond motifs is 1. The minimum Gasteiger partial charge on any atom is -0.346 e. The lowest BCUT2D eigenvalue weighted by atomic mass is 10.1. The van der Waals surface area contributed by atoms with Crippen LogP contribution in [0.2, 0.25) is 0 Å². The van der Waals surface area contributed by atoms with Gasteiger partial charge in [-0.3, -0.25) is 4.79 Å². The Kier molecular flexibility index (Phi) is 4.71. The minimum atomic E-state index is -0.443. The Labute approximate surface area is 169 Å². The van der Waals surface area contributed by atoms with Crippen molar-refractivity contribution in [2.45, 2.75) is 52.6 Å². The number of nitrogens with one attached hydrogen (secondary N) is 1. The maximum Gasteiger partial charge on any atom is 0.266 e. The zero-order valence-electron chi connectivity index (χ0n) is 17.1. The van der Waals surface area contributed by atoms with E-state index in [0.717, 1.165) is 28.0 Å². The number of aryl methyl sites for hydroxylation is 1. The highest BCUT2D eigenvalue weighted by atomic mass is 16.1. The van der Waals surface area contributed by atoms with Crippen molar-refractivity contribution in [3.8, 4) is 6.07 Å². The van der Waals surface area contributed by atoms with Gasteiger partial charge in [-0.05, 0) is 64.3 Å². The number of nitrogens with zero attached hydrogens (tertiary/aromatic N) is 5. The summed E-state index contributed by atoms with van der Waals surface area (Å²) in [6.45, 7) is 8.17. The van der Waals surface area contributed by atoms with Gasteiger partial charge in [-0.2, -0.15) is 10.4 Å². The molecule has 4 rings (SSSR count). The van der Waals surface area contributed by atoms with Crippen LogP contribution in [-0.4, -0.2) is 25.2 Å². The first-order chi connectivity index (χ1) is 13.9. The number of pyridine rings is 1. The predicted molar refractivity (Wildman–Crippen MR) is 112 cm³/mol. The molecule has 1 fully saturated rings. The molecule has 1 aliphatic rings. The molecule has 29 heavy (non-hydrogen) atoms. The van der Waals surface area contributed by atoms with Crippen molar-refractivity contribution in [1.29, 1.82) is 5.26 Å². The van der Waals surface area contributed by atoms with Crippen LogP contribution in [0.1, 0.15) is 55.7 Å². The number of hydrogen-bond donors (Lipinski definition) is 1. The standard InChI is InChI=1S/C22H24N6O/c1-13(2)28-21-18(11-25-28)9-19(12-24-21)26-22(29)17(10-23)8-16-7-14(3)27(15(16)4)20-5-6-20/h7-9,11-13,20H,5-6H2,1-4H3,(H,26,29)/b17-8+. The van der Waals surface area contributed by atoms with Crippen molar-refractivity contribution >= 4 is 28.7 Å². The van der Waals surface area contributed by atoms with E-state index >= 15 is 0 Å². The van der Waals surface area contributed by atoms with Crippen molar-refractivity contribution in [1.82, 2.24) is 19.3 Å². The van der Waals surface area contributed by atoms with E-state index in [2.05, 4.69) is 26.9 Å². The fraction of sp³-hybridized carbons (Fsp3) is 0.364. The van der Waals surface area contributed by atoms with Crippen LogP contribution in [0.25, 0.3) is 17.1 Å². The molecule has 0 saturated heterocycles. The van der Waals surface area contributed by atoms with Crippen LogP contribution in [0.4, 0.5) is 5.69 Å². The quantitative estimate of drug-likeness (QED) is 0.521. The SMILES string of the molecule is Cc1cc(/C=C(\C#N)C(=O)Nc2cnc3c(cnn3C(C)C)c2)c(C)n1C1CC1. The summed E-state index contributed by atoms with van der Waals surface area (Å²) in [7, 11) is 0. The zero-order chi connectivity index (χ0) is 20.7. The maximum atomic E-state index is 12.7. The third kappa shape index (κ3) is 3.54. The molecule has 1 aliphatic carbocycles. The number of nitriles is 1. The number of hydrogen-bond acceptors (Lipinski definition) is 4. The first kappa shape index (κ1) is 18.9. The van der Waals surface area contributed by atoms with E-state index in [0.29, 0.717) is 11.7 Å². The molecule has 1 N–H and O–H groups in total. The Balaban J connectivity index is 1.58. The summed E-state index contributed by atoms with van der Waals surface area (Å²) in [6.07, 6.45) is 7.36. The number of amides is 1. The van der Waals surface area contributed by atoms with Crippen molar-refractivity contribution in [3.63, 3.8) is 0 Å². The molecule has 0 aromatic carbocycles. The lowest BCUT2D eigenvalue weighted by molar-refractivity contribution is -0.112. The second-order valence-corrected chi connectivity index (χ2v) is 7.87. The molecule has 3 heterocycles. The molecule has 0 spiro atoms. The van der Waals surface area contributed by atoms with Crippen LogP contribution in [0.3, 0.4) is 0 Å². The fourth-order valence-corrected chi connectivity index (χ4v) is 3.73. The topological polar surface area (TPSA) is 88.5 Å². The van der Waals surface area contributed by atoms with Crippen LogP contribution in [0, 0.1) is 25.2 Å². The highest BCUT2D eigenvalue weighted by Gasteiger charge is 2.26. The van der Waals surface area contributed by atoms with E-state index in [9.17, 15) is 10.1 Å². The van der Waals surface area contributed by atoms with Gasteiger partial charge in [0.05, 0.1) is 18.1 Å². The molecule has 7 heteroatoms. The van der Waals surface area contributed by atoms with E-state index in [1.165, 1.54) is 12.8 Å². The first-order valence-electron chi connectivity index (χ1n) is 9.84. The zero-order valence-corrected chi connectivity index (χ0v) is 17.1. The third-order valence-corrected chi connectivity index (χ3v) is 5.28. The molecule has 1 amide bonds. The first-order valence-corrected chi connectivity index (χ1v) is 9.84. The van der Waals surface area contributed by atoms with Gasteiger partial charge < -0.3 is 9.88 Å². The molecule has 0 atom stereocenters. The summed E-state index contributed by atoms with van der Waals surface area (Å²) in [4.78, 5) is 17.1. The van der Waals surface area contributed by atoms with E-state index in [1.54, 1.807) is 18.5 Å². The molecular formula is C22H24N6O. The Hall–Kier alpha value is -3.40. The molecule has 1 saturated carbocycles. The van der Waals surface area contributed by atoms with E-state index in [-0.39, 0.29) is 11.6 Å². The lowest BCUT2D eigenvalue weighted by Crippen LogP contribution is -2.13. The lowest BCUT2D eigenvalue weighted by Gasteiger charge is -2.08. The van der Waals surface area contributed by atoms with Crippen LogP contribution in [0.15, 0.2) is 30.1 Å². The van der Waals surface area contributed by atoms with Gasteiger partial charge >= 0.3 is 0 Å². The van der Waals surface area contributed by atoms with Crippen molar-refractivity contribution in [2.24, 2.45) is 0 Å². The molecule has 148 valence electrons. The average molecular weight is 388 g/mol. The number of rotatable bonds is 5. The summed E-state index contributed by atoms with van der Waals surface area (Å²) < 4.78 is 4.13. The molecule has 0 aliphatic heterocycles. The predicted octanol–water partition coefficient (Wildman–Crippen LogP) is 4.31. The van der Waals surface area contributed by atoms with Gasteiger partial charge in [0, 0.05) is 28.9 Å². The molecule has 0 unspecified atom stereocenters. The number of carbonyl (C=O) groups excluding carboxylic acids is 1. The van der Waals surface area contributed by atoms with Crippen molar-refractivity contribution < 1.29 is 4.79 Å². The summed E-state index contributed by atoms with van der Waals surface area (Å²) in [5.41, 5.74) is 4.53. The summed E-state index contributed by atoms with van der Waals surface area (Å²) in [5, 5.41) is 17.5. The maximum absolute atomic E-state index is 12.7. The Bertz CT molecular complexity index is 1170.